The molecule has 0 saturated carbocycles. The lowest BCUT2D eigenvalue weighted by Gasteiger charge is -2.27. The first-order valence-electron chi connectivity index (χ1n) is 5.21. The molecule has 0 heterocycles. The quantitative estimate of drug-likeness (QED) is 0.763. The van der Waals surface area contributed by atoms with Crippen molar-refractivity contribution in [1.29, 1.82) is 0 Å². The summed E-state index contributed by atoms with van der Waals surface area (Å²) in [5, 5.41) is 0. The van der Waals surface area contributed by atoms with Crippen LogP contribution >= 0.6 is 15.9 Å². The van der Waals surface area contributed by atoms with E-state index in [9.17, 15) is 4.79 Å². The van der Waals surface area contributed by atoms with E-state index in [1.165, 1.54) is 0 Å². The van der Waals surface area contributed by atoms with Crippen molar-refractivity contribution < 1.29 is 4.79 Å². The van der Waals surface area contributed by atoms with Crippen molar-refractivity contribution in [1.82, 2.24) is 0 Å². The Morgan fingerprint density at radius 3 is 2.75 bits per heavy atom. The molecule has 0 saturated heterocycles. The van der Waals surface area contributed by atoms with Gasteiger partial charge in [0.15, 0.2) is 5.78 Å². The van der Waals surface area contributed by atoms with E-state index < -0.39 is 5.41 Å². The standard InChI is InChI=1S/C14H13BrO/c1-10-5-4-8-14(2,13(10)16)11-6-3-7-12(15)9-11/h3-9H,1-2H3. The molecule has 1 aromatic rings. The number of carbonyl (C=O) groups excluding carboxylic acids is 1. The molecule has 1 atom stereocenters. The Bertz CT molecular complexity index is 499. The molecule has 0 N–H and O–H groups in total. The minimum atomic E-state index is -0.525. The first-order valence-corrected chi connectivity index (χ1v) is 6.00. The molecule has 1 aromatic carbocycles. The van der Waals surface area contributed by atoms with Gasteiger partial charge in [-0.05, 0) is 37.1 Å². The Morgan fingerprint density at radius 2 is 2.06 bits per heavy atom. The van der Waals surface area contributed by atoms with E-state index in [0.717, 1.165) is 15.6 Å². The van der Waals surface area contributed by atoms with Gasteiger partial charge in [-0.3, -0.25) is 4.79 Å². The maximum atomic E-state index is 12.2. The summed E-state index contributed by atoms with van der Waals surface area (Å²) in [6, 6.07) is 7.92. The van der Waals surface area contributed by atoms with Crippen LogP contribution in [0.5, 0.6) is 0 Å². The van der Waals surface area contributed by atoms with Gasteiger partial charge >= 0.3 is 0 Å². The van der Waals surface area contributed by atoms with Crippen LogP contribution in [-0.2, 0) is 10.2 Å². The number of hydrogen-bond donors (Lipinski definition) is 0. The number of carbonyl (C=O) groups is 1. The second kappa shape index (κ2) is 4.02. The van der Waals surface area contributed by atoms with E-state index in [4.69, 9.17) is 0 Å². The third-order valence-electron chi connectivity index (χ3n) is 3.03. The molecule has 2 heteroatoms. The Kier molecular flexibility index (Phi) is 2.85. The Hall–Kier alpha value is -1.15. The van der Waals surface area contributed by atoms with E-state index in [0.29, 0.717) is 0 Å². The molecule has 0 bridgehead atoms. The Morgan fingerprint density at radius 1 is 1.31 bits per heavy atom. The summed E-state index contributed by atoms with van der Waals surface area (Å²) >= 11 is 3.44. The zero-order valence-corrected chi connectivity index (χ0v) is 10.9. The molecule has 0 amide bonds. The van der Waals surface area contributed by atoms with Crippen LogP contribution in [0, 0.1) is 0 Å². The predicted molar refractivity (Wildman–Crippen MR) is 69.4 cm³/mol. The molecule has 1 nitrogen and oxygen atoms in total. The van der Waals surface area contributed by atoms with Gasteiger partial charge in [0.1, 0.15) is 0 Å². The number of halogens is 1. The van der Waals surface area contributed by atoms with Gasteiger partial charge in [-0.2, -0.15) is 0 Å². The lowest BCUT2D eigenvalue weighted by atomic mass is 9.74. The molecular weight excluding hydrogens is 264 g/mol. The lowest BCUT2D eigenvalue weighted by Crippen LogP contribution is -2.32. The van der Waals surface area contributed by atoms with Crippen molar-refractivity contribution >= 4 is 21.7 Å². The summed E-state index contributed by atoms with van der Waals surface area (Å²) in [4.78, 5) is 12.2. The average molecular weight is 277 g/mol. The summed E-state index contributed by atoms with van der Waals surface area (Å²) in [6.07, 6.45) is 5.78. The number of Topliss-reactive ketones (excluding diaryl/α,β-unsaturated/α-hetero) is 1. The molecule has 16 heavy (non-hydrogen) atoms. The van der Waals surface area contributed by atoms with Crippen LogP contribution in [0.15, 0.2) is 52.5 Å². The molecular formula is C14H13BrO. The zero-order valence-electron chi connectivity index (χ0n) is 9.33. The molecule has 1 aliphatic carbocycles. The van der Waals surface area contributed by atoms with Crippen LogP contribution in [-0.4, -0.2) is 5.78 Å². The molecule has 1 unspecified atom stereocenters. The van der Waals surface area contributed by atoms with Crippen molar-refractivity contribution in [2.45, 2.75) is 19.3 Å². The van der Waals surface area contributed by atoms with Gasteiger partial charge in [0, 0.05) is 4.47 Å². The van der Waals surface area contributed by atoms with Crippen molar-refractivity contribution in [3.05, 3.63) is 58.1 Å². The molecule has 0 fully saturated rings. The maximum absolute atomic E-state index is 12.2. The molecule has 0 aliphatic heterocycles. The third-order valence-corrected chi connectivity index (χ3v) is 3.52. The summed E-state index contributed by atoms with van der Waals surface area (Å²) in [6.45, 7) is 3.83. The number of rotatable bonds is 1. The molecule has 0 aromatic heterocycles. The maximum Gasteiger partial charge on any atom is 0.172 e. The predicted octanol–water partition coefficient (Wildman–Crippen LogP) is 3.79. The highest BCUT2D eigenvalue weighted by molar-refractivity contribution is 9.10. The van der Waals surface area contributed by atoms with Gasteiger partial charge in [0.2, 0.25) is 0 Å². The average Bonchev–Trinajstić information content (AvgIpc) is 2.26. The fourth-order valence-corrected chi connectivity index (χ4v) is 2.38. The smallest absolute Gasteiger partial charge is 0.172 e. The van der Waals surface area contributed by atoms with Gasteiger partial charge in [-0.25, -0.2) is 0 Å². The van der Waals surface area contributed by atoms with Gasteiger partial charge in [0.25, 0.3) is 0 Å². The highest BCUT2D eigenvalue weighted by Gasteiger charge is 2.34. The van der Waals surface area contributed by atoms with E-state index in [-0.39, 0.29) is 5.78 Å². The Balaban J connectivity index is 2.52. The fraction of sp³-hybridized carbons (Fsp3) is 0.214. The van der Waals surface area contributed by atoms with Gasteiger partial charge < -0.3 is 0 Å². The third kappa shape index (κ3) is 1.78. The molecule has 0 spiro atoms. The van der Waals surface area contributed by atoms with E-state index in [1.807, 2.05) is 56.3 Å². The van der Waals surface area contributed by atoms with Crippen LogP contribution in [0.1, 0.15) is 19.4 Å². The van der Waals surface area contributed by atoms with E-state index >= 15 is 0 Å². The molecule has 2 rings (SSSR count). The Labute approximate surface area is 104 Å². The van der Waals surface area contributed by atoms with Crippen LogP contribution in [0.3, 0.4) is 0 Å². The SMILES string of the molecule is CC1=CC=CC(C)(c2cccc(Br)c2)C1=O. The van der Waals surface area contributed by atoms with Crippen LogP contribution < -0.4 is 0 Å². The van der Waals surface area contributed by atoms with E-state index in [2.05, 4.69) is 15.9 Å². The lowest BCUT2D eigenvalue weighted by molar-refractivity contribution is -0.118. The highest BCUT2D eigenvalue weighted by Crippen LogP contribution is 2.33. The summed E-state index contributed by atoms with van der Waals surface area (Å²) in [5.74, 6) is 0.174. The van der Waals surface area contributed by atoms with Crippen molar-refractivity contribution in [2.75, 3.05) is 0 Å². The minimum Gasteiger partial charge on any atom is -0.293 e. The zero-order chi connectivity index (χ0) is 11.8. The van der Waals surface area contributed by atoms with Crippen molar-refractivity contribution in [3.63, 3.8) is 0 Å². The topological polar surface area (TPSA) is 17.1 Å². The van der Waals surface area contributed by atoms with Crippen molar-refractivity contribution in [2.24, 2.45) is 0 Å². The second-order valence-corrected chi connectivity index (χ2v) is 5.17. The van der Waals surface area contributed by atoms with Crippen molar-refractivity contribution in [3.8, 4) is 0 Å². The summed E-state index contributed by atoms with van der Waals surface area (Å²) in [5.41, 5.74) is 1.31. The van der Waals surface area contributed by atoms with Gasteiger partial charge in [-0.15, -0.1) is 0 Å². The summed E-state index contributed by atoms with van der Waals surface area (Å²) in [7, 11) is 0. The normalized spacial score (nSPS) is 24.4. The van der Waals surface area contributed by atoms with Gasteiger partial charge in [0.05, 0.1) is 5.41 Å². The van der Waals surface area contributed by atoms with Crippen LogP contribution in [0.4, 0.5) is 0 Å². The second-order valence-electron chi connectivity index (χ2n) is 4.25. The number of hydrogen-bond acceptors (Lipinski definition) is 1. The largest absolute Gasteiger partial charge is 0.293 e. The molecule has 0 radical (unpaired) electrons. The first kappa shape index (κ1) is 11.3. The van der Waals surface area contributed by atoms with Crippen LogP contribution in [0.25, 0.3) is 0 Å². The number of ketones is 1. The molecule has 1 aliphatic rings. The number of benzene rings is 1. The fourth-order valence-electron chi connectivity index (χ4n) is 1.98. The minimum absolute atomic E-state index is 0.174. The van der Waals surface area contributed by atoms with Gasteiger partial charge in [-0.1, -0.05) is 46.3 Å². The highest BCUT2D eigenvalue weighted by atomic mass is 79.9. The summed E-state index contributed by atoms with van der Waals surface area (Å²) < 4.78 is 1.000. The van der Waals surface area contributed by atoms with Crippen LogP contribution in [0.2, 0.25) is 0 Å². The molecule has 82 valence electrons. The first-order chi connectivity index (χ1) is 7.54. The monoisotopic (exact) mass is 276 g/mol. The van der Waals surface area contributed by atoms with E-state index in [1.54, 1.807) is 0 Å². The number of allylic oxidation sites excluding steroid dienone is 4.